The molecule has 3 rings (SSSR count). The summed E-state index contributed by atoms with van der Waals surface area (Å²) in [6.45, 7) is 7.98. The van der Waals surface area contributed by atoms with Gasteiger partial charge in [0.05, 0.1) is 38.5 Å². The maximum absolute atomic E-state index is 13.3. The molecular weight excluding hydrogens is 345 g/mol. The number of piperazine rings is 1. The van der Waals surface area contributed by atoms with Crippen molar-refractivity contribution in [2.45, 2.75) is 19.9 Å². The second-order valence-corrected chi connectivity index (χ2v) is 6.77. The molecule has 2 N–H and O–H groups in total. The minimum absolute atomic E-state index is 0.0845. The number of quaternary nitrogens is 1. The van der Waals surface area contributed by atoms with E-state index in [-0.39, 0.29) is 17.8 Å². The summed E-state index contributed by atoms with van der Waals surface area (Å²) in [5.74, 6) is 0.466. The Morgan fingerprint density at radius 3 is 2.67 bits per heavy atom. The number of para-hydroxylation sites is 2. The molecule has 1 heterocycles. The molecule has 2 aromatic carbocycles. The largest absolute Gasteiger partial charge is 0.492 e. The van der Waals surface area contributed by atoms with Gasteiger partial charge in [0.25, 0.3) is 5.91 Å². The molecule has 1 aliphatic rings. The minimum atomic E-state index is -0.352. The number of nitrogens with zero attached hydrogens (tertiary/aromatic N) is 1. The number of carbonyl (C=O) groups is 1. The Morgan fingerprint density at radius 1 is 1.22 bits per heavy atom. The zero-order chi connectivity index (χ0) is 19.2. The van der Waals surface area contributed by atoms with Crippen molar-refractivity contribution in [2.24, 2.45) is 0 Å². The van der Waals surface area contributed by atoms with E-state index in [0.717, 1.165) is 37.6 Å². The SMILES string of the molecule is CCOc1ccccc1N1CC[NH+]([C@H](C)C(=O)Nc2cccc(F)c2)CC1. The number of anilines is 2. The molecule has 0 spiro atoms. The zero-order valence-electron chi connectivity index (χ0n) is 15.9. The smallest absolute Gasteiger partial charge is 0.282 e. The van der Waals surface area contributed by atoms with Crippen LogP contribution in [0.2, 0.25) is 0 Å². The fraction of sp³-hybridized carbons (Fsp3) is 0.381. The van der Waals surface area contributed by atoms with Crippen LogP contribution in [0.5, 0.6) is 5.75 Å². The van der Waals surface area contributed by atoms with Crippen LogP contribution in [0.25, 0.3) is 0 Å². The van der Waals surface area contributed by atoms with Gasteiger partial charge in [0.1, 0.15) is 11.6 Å². The van der Waals surface area contributed by atoms with Crippen LogP contribution in [-0.4, -0.2) is 44.7 Å². The normalized spacial score (nSPS) is 16.0. The third-order valence-electron chi connectivity index (χ3n) is 5.01. The Hall–Kier alpha value is -2.60. The third-order valence-corrected chi connectivity index (χ3v) is 5.01. The summed E-state index contributed by atoms with van der Waals surface area (Å²) in [7, 11) is 0. The maximum atomic E-state index is 13.3. The lowest BCUT2D eigenvalue weighted by Crippen LogP contribution is -3.19. The van der Waals surface area contributed by atoms with E-state index in [1.165, 1.54) is 17.0 Å². The molecule has 0 aliphatic carbocycles. The lowest BCUT2D eigenvalue weighted by Gasteiger charge is -2.36. The molecule has 0 aromatic heterocycles. The number of nitrogens with one attached hydrogen (secondary N) is 2. The monoisotopic (exact) mass is 372 g/mol. The molecule has 27 heavy (non-hydrogen) atoms. The number of carbonyl (C=O) groups excluding carboxylic acids is 1. The van der Waals surface area contributed by atoms with E-state index in [2.05, 4.69) is 16.3 Å². The van der Waals surface area contributed by atoms with Crippen molar-refractivity contribution < 1.29 is 18.8 Å². The van der Waals surface area contributed by atoms with E-state index in [9.17, 15) is 9.18 Å². The standard InChI is InChI=1S/C21H26FN3O2/c1-3-27-20-10-5-4-9-19(20)25-13-11-24(12-14-25)16(2)21(26)23-18-8-6-7-17(22)15-18/h4-10,15-16H,3,11-14H2,1-2H3,(H,23,26)/p+1/t16-/m1/s1. The highest BCUT2D eigenvalue weighted by molar-refractivity contribution is 5.93. The molecule has 1 aliphatic heterocycles. The van der Waals surface area contributed by atoms with Gasteiger partial charge in [-0.05, 0) is 44.2 Å². The van der Waals surface area contributed by atoms with Gasteiger partial charge in [-0.25, -0.2) is 4.39 Å². The highest BCUT2D eigenvalue weighted by Crippen LogP contribution is 2.27. The lowest BCUT2D eigenvalue weighted by atomic mass is 10.2. The van der Waals surface area contributed by atoms with Crippen molar-refractivity contribution in [3.8, 4) is 5.75 Å². The van der Waals surface area contributed by atoms with Crippen LogP contribution in [0, 0.1) is 5.82 Å². The molecule has 1 amide bonds. The summed E-state index contributed by atoms with van der Waals surface area (Å²) in [6, 6.07) is 13.9. The second kappa shape index (κ2) is 8.86. The first-order valence-electron chi connectivity index (χ1n) is 9.46. The average Bonchev–Trinajstić information content (AvgIpc) is 2.68. The fourth-order valence-corrected chi connectivity index (χ4v) is 3.47. The predicted octanol–water partition coefficient (Wildman–Crippen LogP) is 1.96. The molecule has 0 saturated carbocycles. The van der Waals surface area contributed by atoms with E-state index in [4.69, 9.17) is 4.74 Å². The van der Waals surface area contributed by atoms with E-state index in [1.54, 1.807) is 12.1 Å². The Balaban J connectivity index is 1.58. The summed E-state index contributed by atoms with van der Waals surface area (Å²) in [5.41, 5.74) is 1.60. The van der Waals surface area contributed by atoms with Crippen molar-refractivity contribution in [3.05, 3.63) is 54.3 Å². The zero-order valence-corrected chi connectivity index (χ0v) is 15.9. The number of hydrogen-bond acceptors (Lipinski definition) is 3. The molecule has 0 unspecified atom stereocenters. The molecule has 6 heteroatoms. The Bertz CT molecular complexity index is 776. The first-order chi connectivity index (χ1) is 13.1. The van der Waals surface area contributed by atoms with Crippen LogP contribution in [0.3, 0.4) is 0 Å². The van der Waals surface area contributed by atoms with Crippen molar-refractivity contribution in [3.63, 3.8) is 0 Å². The number of rotatable bonds is 6. The summed E-state index contributed by atoms with van der Waals surface area (Å²) in [4.78, 5) is 16.1. The molecule has 0 bridgehead atoms. The van der Waals surface area contributed by atoms with Crippen LogP contribution in [-0.2, 0) is 4.79 Å². The highest BCUT2D eigenvalue weighted by atomic mass is 19.1. The topological polar surface area (TPSA) is 46.0 Å². The van der Waals surface area contributed by atoms with Crippen LogP contribution in [0.4, 0.5) is 15.8 Å². The van der Waals surface area contributed by atoms with E-state index in [1.807, 2.05) is 32.0 Å². The molecule has 144 valence electrons. The van der Waals surface area contributed by atoms with Gasteiger partial charge in [0.15, 0.2) is 6.04 Å². The van der Waals surface area contributed by atoms with Gasteiger partial charge in [-0.1, -0.05) is 18.2 Å². The molecular formula is C21H27FN3O2+. The predicted molar refractivity (Wildman–Crippen MR) is 105 cm³/mol. The van der Waals surface area contributed by atoms with Crippen molar-refractivity contribution >= 4 is 17.3 Å². The quantitative estimate of drug-likeness (QED) is 0.815. The Morgan fingerprint density at radius 2 is 1.96 bits per heavy atom. The van der Waals surface area contributed by atoms with Gasteiger partial charge >= 0.3 is 0 Å². The van der Waals surface area contributed by atoms with Gasteiger partial charge in [0.2, 0.25) is 0 Å². The van der Waals surface area contributed by atoms with Gasteiger partial charge < -0.3 is 19.9 Å². The van der Waals surface area contributed by atoms with Gasteiger partial charge in [0, 0.05) is 5.69 Å². The lowest BCUT2D eigenvalue weighted by molar-refractivity contribution is -0.914. The van der Waals surface area contributed by atoms with Crippen LogP contribution >= 0.6 is 0 Å². The van der Waals surface area contributed by atoms with Gasteiger partial charge in [-0.2, -0.15) is 0 Å². The second-order valence-electron chi connectivity index (χ2n) is 6.77. The third kappa shape index (κ3) is 4.77. The summed E-state index contributed by atoms with van der Waals surface area (Å²) in [5, 5.41) is 2.82. The van der Waals surface area contributed by atoms with Gasteiger partial charge in [-0.3, -0.25) is 4.79 Å². The summed E-state index contributed by atoms with van der Waals surface area (Å²) < 4.78 is 19.0. The fourth-order valence-electron chi connectivity index (χ4n) is 3.47. The van der Waals surface area contributed by atoms with Crippen molar-refractivity contribution in [2.75, 3.05) is 43.0 Å². The van der Waals surface area contributed by atoms with Crippen LogP contribution < -0.4 is 19.9 Å². The molecule has 1 atom stereocenters. The average molecular weight is 372 g/mol. The van der Waals surface area contributed by atoms with Crippen molar-refractivity contribution in [1.82, 2.24) is 0 Å². The molecule has 1 fully saturated rings. The number of amides is 1. The number of benzene rings is 2. The van der Waals surface area contributed by atoms with Gasteiger partial charge in [-0.15, -0.1) is 0 Å². The Kier molecular flexibility index (Phi) is 6.29. The minimum Gasteiger partial charge on any atom is -0.492 e. The van der Waals surface area contributed by atoms with Crippen LogP contribution in [0.15, 0.2) is 48.5 Å². The Labute approximate surface area is 159 Å². The molecule has 1 saturated heterocycles. The number of halogens is 1. The summed E-state index contributed by atoms with van der Waals surface area (Å²) >= 11 is 0. The first-order valence-corrected chi connectivity index (χ1v) is 9.46. The van der Waals surface area contributed by atoms with E-state index in [0.29, 0.717) is 12.3 Å². The number of hydrogen-bond donors (Lipinski definition) is 2. The van der Waals surface area contributed by atoms with E-state index >= 15 is 0 Å². The number of ether oxygens (including phenoxy) is 1. The van der Waals surface area contributed by atoms with Crippen LogP contribution in [0.1, 0.15) is 13.8 Å². The molecule has 0 radical (unpaired) electrons. The first kappa shape index (κ1) is 19.2. The van der Waals surface area contributed by atoms with Crippen molar-refractivity contribution in [1.29, 1.82) is 0 Å². The molecule has 2 aromatic rings. The van der Waals surface area contributed by atoms with E-state index < -0.39 is 0 Å². The molecule has 5 nitrogen and oxygen atoms in total. The maximum Gasteiger partial charge on any atom is 0.282 e. The summed E-state index contributed by atoms with van der Waals surface area (Å²) in [6.07, 6.45) is 0. The highest BCUT2D eigenvalue weighted by Gasteiger charge is 2.30.